The van der Waals surface area contributed by atoms with E-state index in [1.165, 1.54) is 17.4 Å². The second-order valence-corrected chi connectivity index (χ2v) is 4.88. The summed E-state index contributed by atoms with van der Waals surface area (Å²) in [4.78, 5) is 15.5. The molecule has 2 rings (SSSR count). The summed E-state index contributed by atoms with van der Waals surface area (Å²) in [6, 6.07) is 3.54. The average molecular weight is 313 g/mol. The minimum absolute atomic E-state index is 0.173. The van der Waals surface area contributed by atoms with Gasteiger partial charge in [0, 0.05) is 17.7 Å². The number of thiazole rings is 1. The van der Waals surface area contributed by atoms with Gasteiger partial charge in [0.25, 0.3) is 0 Å². The molecule has 0 atom stereocenters. The number of amides is 1. The molecule has 0 radical (unpaired) electrons. The molecule has 0 bridgehead atoms. The summed E-state index contributed by atoms with van der Waals surface area (Å²) in [6.07, 6.45) is 4.75. The molecule has 1 N–H and O–H groups in total. The molecule has 2 aromatic heterocycles. The first-order chi connectivity index (χ1) is 8.24. The maximum atomic E-state index is 11.4. The van der Waals surface area contributed by atoms with E-state index in [4.69, 9.17) is 4.42 Å². The van der Waals surface area contributed by atoms with Crippen LogP contribution in [0.2, 0.25) is 0 Å². The summed E-state index contributed by atoms with van der Waals surface area (Å²) in [6.45, 7) is 0.447. The van der Waals surface area contributed by atoms with Crippen LogP contribution in [0.15, 0.2) is 38.9 Å². The van der Waals surface area contributed by atoms with Crippen molar-refractivity contribution in [3.05, 3.63) is 45.2 Å². The van der Waals surface area contributed by atoms with Crippen molar-refractivity contribution in [2.24, 2.45) is 0 Å². The van der Waals surface area contributed by atoms with Gasteiger partial charge in [0.1, 0.15) is 10.8 Å². The Morgan fingerprint density at radius 1 is 1.59 bits per heavy atom. The predicted molar refractivity (Wildman–Crippen MR) is 69.4 cm³/mol. The Balaban J connectivity index is 1.83. The number of carbonyl (C=O) groups excluding carboxylic acids is 1. The highest BCUT2D eigenvalue weighted by molar-refractivity contribution is 9.10. The number of nitrogens with one attached hydrogen (secondary N) is 1. The van der Waals surface area contributed by atoms with Crippen LogP contribution in [0.25, 0.3) is 6.08 Å². The Bertz CT molecular complexity index is 519. The first kappa shape index (κ1) is 12.1. The number of furan rings is 1. The van der Waals surface area contributed by atoms with E-state index >= 15 is 0 Å². The lowest BCUT2D eigenvalue weighted by molar-refractivity contribution is -0.116. The molecule has 0 fully saturated rings. The van der Waals surface area contributed by atoms with Crippen molar-refractivity contribution in [3.63, 3.8) is 0 Å². The number of hydrogen-bond acceptors (Lipinski definition) is 4. The normalized spacial score (nSPS) is 10.9. The van der Waals surface area contributed by atoms with E-state index in [0.29, 0.717) is 17.0 Å². The van der Waals surface area contributed by atoms with Gasteiger partial charge in [-0.15, -0.1) is 11.3 Å². The molecule has 6 heteroatoms. The van der Waals surface area contributed by atoms with Crippen LogP contribution in [0, 0.1) is 0 Å². The fourth-order valence-corrected chi connectivity index (χ4v) is 2.01. The third kappa shape index (κ3) is 3.83. The fraction of sp³-hybridized carbons (Fsp3) is 0.0909. The molecule has 0 saturated heterocycles. The summed E-state index contributed by atoms with van der Waals surface area (Å²) in [5.74, 6) is 0.453. The first-order valence-electron chi connectivity index (χ1n) is 4.83. The lowest BCUT2D eigenvalue weighted by Crippen LogP contribution is -2.19. The molecule has 1 amide bonds. The molecular formula is C11H9BrN2O2S. The number of carbonyl (C=O) groups is 1. The molecule has 17 heavy (non-hydrogen) atoms. The number of nitrogens with zero attached hydrogens (tertiary/aromatic N) is 1. The van der Waals surface area contributed by atoms with Crippen molar-refractivity contribution in [2.75, 3.05) is 0 Å². The zero-order chi connectivity index (χ0) is 12.1. The number of aromatic nitrogens is 1. The molecule has 0 aliphatic carbocycles. The second kappa shape index (κ2) is 5.79. The third-order valence-corrected chi connectivity index (χ3v) is 3.10. The highest BCUT2D eigenvalue weighted by Crippen LogP contribution is 2.14. The molecule has 4 nitrogen and oxygen atoms in total. The van der Waals surface area contributed by atoms with E-state index in [9.17, 15) is 4.79 Å². The zero-order valence-electron chi connectivity index (χ0n) is 8.72. The van der Waals surface area contributed by atoms with Gasteiger partial charge >= 0.3 is 0 Å². The minimum Gasteiger partial charge on any atom is -0.450 e. The highest BCUT2D eigenvalue weighted by Gasteiger charge is 1.99. The second-order valence-electron chi connectivity index (χ2n) is 3.12. The summed E-state index contributed by atoms with van der Waals surface area (Å²) in [5.41, 5.74) is 0. The van der Waals surface area contributed by atoms with Gasteiger partial charge in [-0.1, -0.05) is 0 Å². The van der Waals surface area contributed by atoms with E-state index in [1.54, 1.807) is 24.4 Å². The fourth-order valence-electron chi connectivity index (χ4n) is 1.14. The Morgan fingerprint density at radius 3 is 3.12 bits per heavy atom. The summed E-state index contributed by atoms with van der Waals surface area (Å²) in [5, 5.41) is 5.49. The minimum atomic E-state index is -0.173. The summed E-state index contributed by atoms with van der Waals surface area (Å²) < 4.78 is 5.86. The molecule has 0 aromatic carbocycles. The highest BCUT2D eigenvalue weighted by atomic mass is 79.9. The molecule has 0 saturated carbocycles. The maximum Gasteiger partial charge on any atom is 0.244 e. The summed E-state index contributed by atoms with van der Waals surface area (Å²) >= 11 is 4.70. The number of hydrogen-bond donors (Lipinski definition) is 1. The summed E-state index contributed by atoms with van der Waals surface area (Å²) in [7, 11) is 0. The standard InChI is InChI=1S/C11H9BrN2O2S/c12-9-3-1-8(16-9)2-4-10(15)14-7-11-13-5-6-17-11/h1-6H,7H2,(H,14,15)/b4-2-. The molecular weight excluding hydrogens is 304 g/mol. The van der Waals surface area contributed by atoms with Crippen molar-refractivity contribution in [3.8, 4) is 0 Å². The molecule has 0 aliphatic rings. The van der Waals surface area contributed by atoms with Crippen molar-refractivity contribution in [1.82, 2.24) is 10.3 Å². The molecule has 2 aromatic rings. The zero-order valence-corrected chi connectivity index (χ0v) is 11.1. The van der Waals surface area contributed by atoms with Gasteiger partial charge in [-0.2, -0.15) is 0 Å². The van der Waals surface area contributed by atoms with E-state index in [-0.39, 0.29) is 5.91 Å². The van der Waals surface area contributed by atoms with Crippen LogP contribution in [0.3, 0.4) is 0 Å². The van der Waals surface area contributed by atoms with Crippen LogP contribution in [-0.2, 0) is 11.3 Å². The van der Waals surface area contributed by atoms with Gasteiger partial charge in [-0.25, -0.2) is 4.98 Å². The van der Waals surface area contributed by atoms with Crippen LogP contribution < -0.4 is 5.32 Å². The van der Waals surface area contributed by atoms with Crippen LogP contribution >= 0.6 is 27.3 Å². The first-order valence-corrected chi connectivity index (χ1v) is 6.51. The van der Waals surface area contributed by atoms with Crippen molar-refractivity contribution >= 4 is 39.2 Å². The molecule has 0 spiro atoms. The molecule has 88 valence electrons. The molecule has 0 aliphatic heterocycles. The Morgan fingerprint density at radius 2 is 2.47 bits per heavy atom. The monoisotopic (exact) mass is 312 g/mol. The quantitative estimate of drug-likeness (QED) is 0.883. The molecule has 0 unspecified atom stereocenters. The smallest absolute Gasteiger partial charge is 0.244 e. The van der Waals surface area contributed by atoms with Crippen LogP contribution in [0.4, 0.5) is 0 Å². The van der Waals surface area contributed by atoms with E-state index in [0.717, 1.165) is 5.01 Å². The van der Waals surface area contributed by atoms with Gasteiger partial charge in [0.15, 0.2) is 4.67 Å². The van der Waals surface area contributed by atoms with Crippen LogP contribution in [0.1, 0.15) is 10.8 Å². The Labute approximate surface area is 110 Å². The van der Waals surface area contributed by atoms with Gasteiger partial charge in [0.05, 0.1) is 6.54 Å². The van der Waals surface area contributed by atoms with Gasteiger partial charge in [-0.3, -0.25) is 4.79 Å². The van der Waals surface area contributed by atoms with Gasteiger partial charge < -0.3 is 9.73 Å². The topological polar surface area (TPSA) is 55.1 Å². The van der Waals surface area contributed by atoms with E-state index in [1.807, 2.05) is 5.38 Å². The average Bonchev–Trinajstić information content (AvgIpc) is 2.95. The maximum absolute atomic E-state index is 11.4. The largest absolute Gasteiger partial charge is 0.450 e. The van der Waals surface area contributed by atoms with Gasteiger partial charge in [0.2, 0.25) is 5.91 Å². The van der Waals surface area contributed by atoms with Crippen molar-refractivity contribution in [1.29, 1.82) is 0 Å². The number of halogens is 1. The lowest BCUT2D eigenvalue weighted by Gasteiger charge is -1.97. The number of rotatable bonds is 4. The van der Waals surface area contributed by atoms with Crippen LogP contribution in [0.5, 0.6) is 0 Å². The van der Waals surface area contributed by atoms with E-state index < -0.39 is 0 Å². The molecule has 2 heterocycles. The van der Waals surface area contributed by atoms with Crippen molar-refractivity contribution in [2.45, 2.75) is 6.54 Å². The Kier molecular flexibility index (Phi) is 4.11. The Hall–Kier alpha value is -1.40. The van der Waals surface area contributed by atoms with Crippen LogP contribution in [-0.4, -0.2) is 10.9 Å². The third-order valence-electron chi connectivity index (χ3n) is 1.89. The lowest BCUT2D eigenvalue weighted by atomic mass is 10.4. The SMILES string of the molecule is O=C(/C=C\c1ccc(Br)o1)NCc1nccs1. The van der Waals surface area contributed by atoms with E-state index in [2.05, 4.69) is 26.2 Å². The predicted octanol–water partition coefficient (Wildman–Crippen LogP) is 2.83. The van der Waals surface area contributed by atoms with Gasteiger partial charge in [-0.05, 0) is 34.1 Å². The van der Waals surface area contributed by atoms with Crippen molar-refractivity contribution < 1.29 is 9.21 Å².